The molecule has 0 amide bonds. The SMILES string of the molecule is CC1C=C2C=CC=CC2/C(=N/N)C1=O. The molecular weight excluding hydrogens is 176 g/mol. The molecule has 0 bridgehead atoms. The first-order valence-corrected chi connectivity index (χ1v) is 4.62. The molecular formula is C11H12N2O. The number of fused-ring (bicyclic) bond motifs is 1. The van der Waals surface area contributed by atoms with E-state index < -0.39 is 0 Å². The average Bonchev–Trinajstić information content (AvgIpc) is 2.20. The van der Waals surface area contributed by atoms with Crippen molar-refractivity contribution in [2.45, 2.75) is 6.92 Å². The Bertz CT molecular complexity index is 388. The Labute approximate surface area is 82.7 Å². The summed E-state index contributed by atoms with van der Waals surface area (Å²) < 4.78 is 0. The van der Waals surface area contributed by atoms with Crippen molar-refractivity contribution >= 4 is 11.5 Å². The number of hydrogen-bond donors (Lipinski definition) is 1. The number of nitrogens with two attached hydrogens (primary N) is 1. The van der Waals surface area contributed by atoms with Gasteiger partial charge < -0.3 is 5.84 Å². The number of carbonyl (C=O) groups is 1. The van der Waals surface area contributed by atoms with Crippen LogP contribution in [0.5, 0.6) is 0 Å². The van der Waals surface area contributed by atoms with E-state index in [9.17, 15) is 4.79 Å². The van der Waals surface area contributed by atoms with Crippen molar-refractivity contribution < 1.29 is 4.79 Å². The third-order valence-electron chi connectivity index (χ3n) is 2.60. The van der Waals surface area contributed by atoms with Crippen LogP contribution in [0, 0.1) is 11.8 Å². The number of nitrogens with zero attached hydrogens (tertiary/aromatic N) is 1. The highest BCUT2D eigenvalue weighted by Gasteiger charge is 2.31. The lowest BCUT2D eigenvalue weighted by Crippen LogP contribution is -2.34. The Hall–Kier alpha value is -1.64. The lowest BCUT2D eigenvalue weighted by atomic mass is 9.78. The first kappa shape index (κ1) is 8.94. The van der Waals surface area contributed by atoms with Gasteiger partial charge in [0.2, 0.25) is 0 Å². The largest absolute Gasteiger partial charge is 0.323 e. The molecule has 72 valence electrons. The van der Waals surface area contributed by atoms with Gasteiger partial charge in [0.1, 0.15) is 5.71 Å². The molecule has 2 aliphatic carbocycles. The highest BCUT2D eigenvalue weighted by molar-refractivity contribution is 6.43. The molecule has 0 saturated heterocycles. The van der Waals surface area contributed by atoms with Gasteiger partial charge in [-0.3, -0.25) is 4.79 Å². The number of hydrazone groups is 1. The number of carbonyl (C=O) groups excluding carboxylic acids is 1. The number of rotatable bonds is 0. The molecule has 3 heteroatoms. The topological polar surface area (TPSA) is 55.4 Å². The number of ketones is 1. The Morgan fingerprint density at radius 2 is 2.21 bits per heavy atom. The summed E-state index contributed by atoms with van der Waals surface area (Å²) in [5, 5.41) is 3.60. The van der Waals surface area contributed by atoms with Gasteiger partial charge >= 0.3 is 0 Å². The molecule has 0 spiro atoms. The summed E-state index contributed by atoms with van der Waals surface area (Å²) in [4.78, 5) is 11.7. The molecule has 2 aliphatic rings. The minimum atomic E-state index is -0.111. The van der Waals surface area contributed by atoms with Gasteiger partial charge in [0.25, 0.3) is 0 Å². The molecule has 0 aliphatic heterocycles. The Kier molecular flexibility index (Phi) is 2.08. The summed E-state index contributed by atoms with van der Waals surface area (Å²) in [5.41, 5.74) is 1.58. The van der Waals surface area contributed by atoms with Gasteiger partial charge in [-0.25, -0.2) is 0 Å². The third kappa shape index (κ3) is 1.21. The highest BCUT2D eigenvalue weighted by Crippen LogP contribution is 2.28. The smallest absolute Gasteiger partial charge is 0.186 e. The van der Waals surface area contributed by atoms with Crippen molar-refractivity contribution in [1.82, 2.24) is 0 Å². The molecule has 0 saturated carbocycles. The van der Waals surface area contributed by atoms with E-state index in [0.29, 0.717) is 5.71 Å². The molecule has 0 aromatic heterocycles. The van der Waals surface area contributed by atoms with Gasteiger partial charge in [0.15, 0.2) is 5.78 Å². The average molecular weight is 188 g/mol. The Balaban J connectivity index is 2.49. The monoisotopic (exact) mass is 188 g/mol. The minimum absolute atomic E-state index is 0.0289. The zero-order chi connectivity index (χ0) is 10.1. The summed E-state index contributed by atoms with van der Waals surface area (Å²) in [6.45, 7) is 1.86. The van der Waals surface area contributed by atoms with Crippen LogP contribution in [0.3, 0.4) is 0 Å². The van der Waals surface area contributed by atoms with E-state index in [2.05, 4.69) is 5.10 Å². The summed E-state index contributed by atoms with van der Waals surface area (Å²) in [7, 11) is 0. The van der Waals surface area contributed by atoms with Crippen LogP contribution in [0.1, 0.15) is 6.92 Å². The predicted molar refractivity (Wildman–Crippen MR) is 55.6 cm³/mol. The van der Waals surface area contributed by atoms with Crippen molar-refractivity contribution in [2.24, 2.45) is 22.8 Å². The second kappa shape index (κ2) is 3.25. The van der Waals surface area contributed by atoms with Crippen molar-refractivity contribution in [2.75, 3.05) is 0 Å². The zero-order valence-corrected chi connectivity index (χ0v) is 7.97. The Morgan fingerprint density at radius 1 is 1.43 bits per heavy atom. The maximum absolute atomic E-state index is 11.7. The Morgan fingerprint density at radius 3 is 2.93 bits per heavy atom. The molecule has 2 atom stereocenters. The van der Waals surface area contributed by atoms with Crippen LogP contribution in [-0.4, -0.2) is 11.5 Å². The van der Waals surface area contributed by atoms with E-state index >= 15 is 0 Å². The predicted octanol–water partition coefficient (Wildman–Crippen LogP) is 1.19. The summed E-state index contributed by atoms with van der Waals surface area (Å²) in [6.07, 6.45) is 9.79. The normalized spacial score (nSPS) is 33.1. The lowest BCUT2D eigenvalue weighted by molar-refractivity contribution is -0.115. The van der Waals surface area contributed by atoms with Gasteiger partial charge in [0, 0.05) is 11.8 Å². The second-order valence-corrected chi connectivity index (χ2v) is 3.56. The van der Waals surface area contributed by atoms with Crippen molar-refractivity contribution in [1.29, 1.82) is 0 Å². The molecule has 0 heterocycles. The molecule has 14 heavy (non-hydrogen) atoms. The molecule has 0 radical (unpaired) electrons. The number of Topliss-reactive ketones (excluding diaryl/α,β-unsaturated/α-hetero) is 1. The van der Waals surface area contributed by atoms with Crippen LogP contribution in [0.2, 0.25) is 0 Å². The number of allylic oxidation sites excluding steroid dienone is 6. The molecule has 2 rings (SSSR count). The number of hydrogen-bond acceptors (Lipinski definition) is 3. The van der Waals surface area contributed by atoms with E-state index in [4.69, 9.17) is 5.84 Å². The quantitative estimate of drug-likeness (QED) is 0.458. The van der Waals surface area contributed by atoms with Gasteiger partial charge in [0.05, 0.1) is 0 Å². The highest BCUT2D eigenvalue weighted by atomic mass is 16.1. The summed E-state index contributed by atoms with van der Waals surface area (Å²) in [5.74, 6) is 5.13. The maximum Gasteiger partial charge on any atom is 0.186 e. The fourth-order valence-electron chi connectivity index (χ4n) is 1.86. The molecule has 0 aromatic carbocycles. The van der Waals surface area contributed by atoms with E-state index in [1.54, 1.807) is 0 Å². The van der Waals surface area contributed by atoms with E-state index in [0.717, 1.165) is 5.57 Å². The van der Waals surface area contributed by atoms with Gasteiger partial charge in [-0.1, -0.05) is 37.3 Å². The van der Waals surface area contributed by atoms with Crippen LogP contribution in [0.25, 0.3) is 0 Å². The molecule has 0 fully saturated rings. The van der Waals surface area contributed by atoms with Crippen molar-refractivity contribution in [3.63, 3.8) is 0 Å². The maximum atomic E-state index is 11.7. The molecule has 0 aromatic rings. The van der Waals surface area contributed by atoms with E-state index in [1.807, 2.05) is 37.3 Å². The van der Waals surface area contributed by atoms with Crippen LogP contribution in [0.4, 0.5) is 0 Å². The third-order valence-corrected chi connectivity index (χ3v) is 2.60. The minimum Gasteiger partial charge on any atom is -0.323 e. The standard InChI is InChI=1S/C11H12N2O/c1-7-6-8-4-2-3-5-9(8)10(13-12)11(7)14/h2-7,9H,12H2,1H3/b13-10-. The second-order valence-electron chi connectivity index (χ2n) is 3.56. The van der Waals surface area contributed by atoms with Crippen LogP contribution in [0.15, 0.2) is 41.1 Å². The van der Waals surface area contributed by atoms with E-state index in [-0.39, 0.29) is 17.6 Å². The van der Waals surface area contributed by atoms with Gasteiger partial charge in [-0.2, -0.15) is 5.10 Å². The lowest BCUT2D eigenvalue weighted by Gasteiger charge is -2.25. The summed E-state index contributed by atoms with van der Waals surface area (Å²) in [6, 6.07) is 0. The van der Waals surface area contributed by atoms with Crippen molar-refractivity contribution in [3.05, 3.63) is 36.0 Å². The van der Waals surface area contributed by atoms with Crippen LogP contribution in [-0.2, 0) is 4.79 Å². The van der Waals surface area contributed by atoms with Crippen LogP contribution < -0.4 is 5.84 Å². The molecule has 2 unspecified atom stereocenters. The summed E-state index contributed by atoms with van der Waals surface area (Å²) >= 11 is 0. The van der Waals surface area contributed by atoms with E-state index in [1.165, 1.54) is 0 Å². The fourth-order valence-corrected chi connectivity index (χ4v) is 1.86. The van der Waals surface area contributed by atoms with Crippen LogP contribution >= 0.6 is 0 Å². The van der Waals surface area contributed by atoms with Crippen molar-refractivity contribution in [3.8, 4) is 0 Å². The first-order valence-electron chi connectivity index (χ1n) is 4.62. The zero-order valence-electron chi connectivity index (χ0n) is 7.97. The van der Waals surface area contributed by atoms with Gasteiger partial charge in [-0.05, 0) is 5.57 Å². The fraction of sp³-hybridized carbons (Fsp3) is 0.273. The first-order chi connectivity index (χ1) is 6.74. The molecule has 2 N–H and O–H groups in total. The molecule has 3 nitrogen and oxygen atoms in total. The van der Waals surface area contributed by atoms with Gasteiger partial charge in [-0.15, -0.1) is 0 Å².